The highest BCUT2D eigenvalue weighted by atomic mass is 79.9. The molecule has 0 aliphatic carbocycles. The van der Waals surface area contributed by atoms with Crippen LogP contribution in [0.2, 0.25) is 0 Å². The van der Waals surface area contributed by atoms with Crippen LogP contribution in [0.15, 0.2) is 65.3 Å². The first-order valence-corrected chi connectivity index (χ1v) is 9.05. The van der Waals surface area contributed by atoms with E-state index in [4.69, 9.17) is 4.74 Å². The van der Waals surface area contributed by atoms with Crippen LogP contribution in [0.5, 0.6) is 5.75 Å². The zero-order valence-corrected chi connectivity index (χ0v) is 15.1. The van der Waals surface area contributed by atoms with E-state index in [9.17, 15) is 4.79 Å². The molecule has 1 aromatic heterocycles. The third-order valence-electron chi connectivity index (χ3n) is 4.39. The Morgan fingerprint density at radius 2 is 2.00 bits per heavy atom. The van der Waals surface area contributed by atoms with Crippen LogP contribution in [0.1, 0.15) is 16.8 Å². The van der Waals surface area contributed by atoms with Gasteiger partial charge in [-0.3, -0.25) is 9.78 Å². The molecule has 5 heteroatoms. The third kappa shape index (κ3) is 3.37. The second-order valence-corrected chi connectivity index (χ2v) is 7.04. The van der Waals surface area contributed by atoms with Gasteiger partial charge in [0.15, 0.2) is 0 Å². The lowest BCUT2D eigenvalue weighted by Gasteiger charge is -2.18. The lowest BCUT2D eigenvalue weighted by molar-refractivity contribution is 0.0772. The van der Waals surface area contributed by atoms with Crippen molar-refractivity contribution in [1.82, 2.24) is 9.88 Å². The first-order chi connectivity index (χ1) is 12.2. The predicted octanol–water partition coefficient (Wildman–Crippen LogP) is 4.29. The second kappa shape index (κ2) is 6.84. The predicted molar refractivity (Wildman–Crippen MR) is 101 cm³/mol. The first-order valence-electron chi connectivity index (χ1n) is 8.26. The van der Waals surface area contributed by atoms with Crippen molar-refractivity contribution in [2.45, 2.75) is 12.5 Å². The van der Waals surface area contributed by atoms with Gasteiger partial charge in [-0.25, -0.2) is 0 Å². The van der Waals surface area contributed by atoms with Crippen molar-refractivity contribution in [1.29, 1.82) is 0 Å². The van der Waals surface area contributed by atoms with Crippen molar-refractivity contribution in [3.8, 4) is 5.75 Å². The molecule has 1 amide bonds. The summed E-state index contributed by atoms with van der Waals surface area (Å²) in [6, 6.07) is 17.4. The number of hydrogen-bond acceptors (Lipinski definition) is 3. The maximum atomic E-state index is 12.6. The zero-order chi connectivity index (χ0) is 17.2. The summed E-state index contributed by atoms with van der Waals surface area (Å²) in [6.45, 7) is 1.29. The van der Waals surface area contributed by atoms with Gasteiger partial charge in [-0.2, -0.15) is 0 Å². The number of likely N-dealkylation sites (tertiary alicyclic amines) is 1. The molecule has 25 heavy (non-hydrogen) atoms. The fraction of sp³-hybridized carbons (Fsp3) is 0.200. The average Bonchev–Trinajstić information content (AvgIpc) is 3.10. The summed E-state index contributed by atoms with van der Waals surface area (Å²) in [5, 5.41) is 1.06. The molecule has 1 fully saturated rings. The number of fused-ring (bicyclic) bond motifs is 1. The lowest BCUT2D eigenvalue weighted by Crippen LogP contribution is -2.30. The van der Waals surface area contributed by atoms with Crippen molar-refractivity contribution in [3.63, 3.8) is 0 Å². The Bertz CT molecular complexity index is 923. The van der Waals surface area contributed by atoms with Crippen molar-refractivity contribution < 1.29 is 9.53 Å². The summed E-state index contributed by atoms with van der Waals surface area (Å²) >= 11 is 3.42. The molecule has 0 saturated carbocycles. The van der Waals surface area contributed by atoms with E-state index in [0.29, 0.717) is 18.7 Å². The number of aromatic nitrogens is 1. The zero-order valence-electron chi connectivity index (χ0n) is 13.6. The van der Waals surface area contributed by atoms with E-state index in [-0.39, 0.29) is 12.0 Å². The number of ether oxygens (including phenoxy) is 1. The number of hydrogen-bond donors (Lipinski definition) is 0. The molecule has 0 unspecified atom stereocenters. The topological polar surface area (TPSA) is 42.4 Å². The summed E-state index contributed by atoms with van der Waals surface area (Å²) in [7, 11) is 0. The molecule has 126 valence electrons. The first kappa shape index (κ1) is 16.1. The highest BCUT2D eigenvalue weighted by Crippen LogP contribution is 2.26. The Morgan fingerprint density at radius 1 is 1.16 bits per heavy atom. The average molecular weight is 397 g/mol. The van der Waals surface area contributed by atoms with Gasteiger partial charge in [0.2, 0.25) is 0 Å². The van der Waals surface area contributed by atoms with E-state index in [1.807, 2.05) is 59.5 Å². The number of para-hydroxylation sites is 1. The number of benzene rings is 2. The fourth-order valence-corrected chi connectivity index (χ4v) is 3.56. The molecule has 4 rings (SSSR count). The number of halogens is 1. The number of amides is 1. The molecule has 0 radical (unpaired) electrons. The van der Waals surface area contributed by atoms with Gasteiger partial charge in [-0.1, -0.05) is 40.2 Å². The smallest absolute Gasteiger partial charge is 0.254 e. The molecular weight excluding hydrogens is 380 g/mol. The molecule has 0 bridgehead atoms. The van der Waals surface area contributed by atoms with Crippen molar-refractivity contribution in [3.05, 3.63) is 70.8 Å². The summed E-state index contributed by atoms with van der Waals surface area (Å²) < 4.78 is 7.07. The van der Waals surface area contributed by atoms with Gasteiger partial charge in [-0.15, -0.1) is 0 Å². The number of nitrogens with zero attached hydrogens (tertiary/aromatic N) is 2. The quantitative estimate of drug-likeness (QED) is 0.662. The van der Waals surface area contributed by atoms with Crippen LogP contribution < -0.4 is 4.74 Å². The lowest BCUT2D eigenvalue weighted by atomic mass is 10.2. The van der Waals surface area contributed by atoms with Crippen LogP contribution in [0, 0.1) is 0 Å². The molecule has 1 atom stereocenters. The number of pyridine rings is 1. The van der Waals surface area contributed by atoms with Crippen LogP contribution >= 0.6 is 15.9 Å². The van der Waals surface area contributed by atoms with Gasteiger partial charge in [0.25, 0.3) is 5.91 Å². The van der Waals surface area contributed by atoms with Gasteiger partial charge in [-0.05, 0) is 30.3 Å². The molecule has 4 nitrogen and oxygen atoms in total. The Labute approximate surface area is 154 Å². The Kier molecular flexibility index (Phi) is 4.40. The summed E-state index contributed by atoms with van der Waals surface area (Å²) in [4.78, 5) is 18.9. The summed E-state index contributed by atoms with van der Waals surface area (Å²) in [6.07, 6.45) is 2.58. The van der Waals surface area contributed by atoms with Crippen molar-refractivity contribution in [2.24, 2.45) is 0 Å². The van der Waals surface area contributed by atoms with E-state index in [0.717, 1.165) is 27.5 Å². The largest absolute Gasteiger partial charge is 0.486 e. The van der Waals surface area contributed by atoms with Crippen molar-refractivity contribution in [2.75, 3.05) is 13.1 Å². The molecule has 1 saturated heterocycles. The minimum Gasteiger partial charge on any atom is -0.486 e. The van der Waals surface area contributed by atoms with Gasteiger partial charge < -0.3 is 9.64 Å². The Hall–Kier alpha value is -2.40. The highest BCUT2D eigenvalue weighted by Gasteiger charge is 2.28. The van der Waals surface area contributed by atoms with E-state index >= 15 is 0 Å². The molecule has 2 heterocycles. The van der Waals surface area contributed by atoms with E-state index in [2.05, 4.69) is 20.9 Å². The molecule has 2 aromatic carbocycles. The van der Waals surface area contributed by atoms with Crippen LogP contribution in [-0.2, 0) is 0 Å². The normalized spacial score (nSPS) is 17.0. The second-order valence-electron chi connectivity index (χ2n) is 6.12. The van der Waals surface area contributed by atoms with Gasteiger partial charge in [0.05, 0.1) is 6.54 Å². The maximum absolute atomic E-state index is 12.6. The number of rotatable bonds is 3. The van der Waals surface area contributed by atoms with Crippen molar-refractivity contribution >= 4 is 32.7 Å². The molecule has 3 aromatic rings. The van der Waals surface area contributed by atoms with Crippen LogP contribution in [0.25, 0.3) is 10.9 Å². The summed E-state index contributed by atoms with van der Waals surface area (Å²) in [5.41, 5.74) is 1.56. The maximum Gasteiger partial charge on any atom is 0.254 e. The van der Waals surface area contributed by atoms with E-state index < -0.39 is 0 Å². The minimum absolute atomic E-state index is 0.0105. The summed E-state index contributed by atoms with van der Waals surface area (Å²) in [5.74, 6) is 0.822. The number of carbonyl (C=O) groups is 1. The molecule has 0 spiro atoms. The van der Waals surface area contributed by atoms with Gasteiger partial charge in [0.1, 0.15) is 17.4 Å². The fourth-order valence-electron chi connectivity index (χ4n) is 3.16. The highest BCUT2D eigenvalue weighted by molar-refractivity contribution is 9.10. The SMILES string of the molecule is O=C(c1cccc(Br)c1)N1CC[C@@H](Oc2cccc3cccnc23)C1. The minimum atomic E-state index is -0.0105. The standard InChI is InChI=1S/C20H17BrN2O2/c21-16-7-1-5-15(12-16)20(24)23-11-9-17(13-23)25-18-8-2-4-14-6-3-10-22-19(14)18/h1-8,10,12,17H,9,11,13H2/t17-/m1/s1. The van der Waals surface area contributed by atoms with Gasteiger partial charge >= 0.3 is 0 Å². The van der Waals surface area contributed by atoms with Gasteiger partial charge in [0, 0.05) is 34.6 Å². The van der Waals surface area contributed by atoms with Crippen LogP contribution in [0.4, 0.5) is 0 Å². The monoisotopic (exact) mass is 396 g/mol. The van der Waals surface area contributed by atoms with E-state index in [1.165, 1.54) is 0 Å². The molecular formula is C20H17BrN2O2. The third-order valence-corrected chi connectivity index (χ3v) is 4.89. The Morgan fingerprint density at radius 3 is 2.88 bits per heavy atom. The Balaban J connectivity index is 1.48. The van der Waals surface area contributed by atoms with Crippen LogP contribution in [-0.4, -0.2) is 35.0 Å². The van der Waals surface area contributed by atoms with Crippen LogP contribution in [0.3, 0.4) is 0 Å². The number of carbonyl (C=O) groups excluding carboxylic acids is 1. The molecule has 1 aliphatic heterocycles. The molecule has 0 N–H and O–H groups in total. The van der Waals surface area contributed by atoms with E-state index in [1.54, 1.807) is 6.20 Å². The molecule has 1 aliphatic rings.